The van der Waals surface area contributed by atoms with Crippen molar-refractivity contribution in [3.05, 3.63) is 41.5 Å². The van der Waals surface area contributed by atoms with Crippen molar-refractivity contribution in [3.63, 3.8) is 0 Å². The second-order valence-corrected chi connectivity index (χ2v) is 6.73. The molecule has 19 heavy (non-hydrogen) atoms. The molecule has 0 aliphatic rings. The maximum Gasteiger partial charge on any atom is 0.231 e. The molecule has 1 aromatic carbocycles. The van der Waals surface area contributed by atoms with Crippen LogP contribution in [0.5, 0.6) is 5.75 Å². The van der Waals surface area contributed by atoms with Crippen LogP contribution in [0.2, 0.25) is 0 Å². The van der Waals surface area contributed by atoms with Crippen LogP contribution in [0.4, 0.5) is 0 Å². The standard InChI is InChI=1S/C12H14N2O4S/c1-8(19(2,16)17)12-13-11(18-14-12)7-9-3-5-10(15)6-4-9/h3-6,8,15H,7H2,1-2H3. The van der Waals surface area contributed by atoms with E-state index in [4.69, 9.17) is 4.52 Å². The van der Waals surface area contributed by atoms with Crippen LogP contribution in [0.3, 0.4) is 0 Å². The molecule has 1 unspecified atom stereocenters. The summed E-state index contributed by atoms with van der Waals surface area (Å²) in [5.74, 6) is 0.688. The van der Waals surface area contributed by atoms with Gasteiger partial charge in [-0.3, -0.25) is 0 Å². The topological polar surface area (TPSA) is 93.3 Å². The van der Waals surface area contributed by atoms with E-state index < -0.39 is 15.1 Å². The lowest BCUT2D eigenvalue weighted by Crippen LogP contribution is -2.09. The van der Waals surface area contributed by atoms with E-state index in [2.05, 4.69) is 10.1 Å². The van der Waals surface area contributed by atoms with Crippen LogP contribution in [0.25, 0.3) is 0 Å². The summed E-state index contributed by atoms with van der Waals surface area (Å²) in [5.41, 5.74) is 0.889. The third kappa shape index (κ3) is 3.31. The molecule has 1 aromatic heterocycles. The van der Waals surface area contributed by atoms with Gasteiger partial charge in [-0.1, -0.05) is 17.3 Å². The van der Waals surface area contributed by atoms with Crippen molar-refractivity contribution in [1.29, 1.82) is 0 Å². The summed E-state index contributed by atoms with van der Waals surface area (Å²) < 4.78 is 27.8. The summed E-state index contributed by atoms with van der Waals surface area (Å²) in [6.07, 6.45) is 1.53. The second-order valence-electron chi connectivity index (χ2n) is 4.36. The maximum absolute atomic E-state index is 11.4. The van der Waals surface area contributed by atoms with Gasteiger partial charge in [0.1, 0.15) is 11.0 Å². The molecule has 0 fully saturated rings. The molecule has 2 aromatic rings. The van der Waals surface area contributed by atoms with E-state index in [-0.39, 0.29) is 11.6 Å². The number of rotatable bonds is 4. The first-order valence-electron chi connectivity index (χ1n) is 5.65. The van der Waals surface area contributed by atoms with Crippen LogP contribution in [0.15, 0.2) is 28.8 Å². The summed E-state index contributed by atoms with van der Waals surface area (Å²) in [6.45, 7) is 1.52. The van der Waals surface area contributed by atoms with Crippen molar-refractivity contribution in [2.24, 2.45) is 0 Å². The van der Waals surface area contributed by atoms with Crippen molar-refractivity contribution in [2.75, 3.05) is 6.26 Å². The van der Waals surface area contributed by atoms with E-state index in [0.29, 0.717) is 12.3 Å². The molecule has 0 spiro atoms. The fourth-order valence-electron chi connectivity index (χ4n) is 1.48. The molecule has 0 saturated carbocycles. The molecule has 1 atom stereocenters. The van der Waals surface area contributed by atoms with Gasteiger partial charge in [-0.2, -0.15) is 4.98 Å². The average molecular weight is 282 g/mol. The summed E-state index contributed by atoms with van der Waals surface area (Å²) in [7, 11) is -3.24. The predicted molar refractivity (Wildman–Crippen MR) is 68.5 cm³/mol. The normalized spacial score (nSPS) is 13.4. The van der Waals surface area contributed by atoms with Crippen LogP contribution in [-0.2, 0) is 16.3 Å². The summed E-state index contributed by atoms with van der Waals surface area (Å²) in [6, 6.07) is 6.59. The van der Waals surface area contributed by atoms with Gasteiger partial charge in [0.2, 0.25) is 5.89 Å². The fraction of sp³-hybridized carbons (Fsp3) is 0.333. The number of aromatic nitrogens is 2. The molecule has 0 amide bonds. The Morgan fingerprint density at radius 1 is 1.32 bits per heavy atom. The van der Waals surface area contributed by atoms with Gasteiger partial charge < -0.3 is 9.63 Å². The highest BCUT2D eigenvalue weighted by Crippen LogP contribution is 2.19. The molecule has 0 aliphatic carbocycles. The number of hydrogen-bond acceptors (Lipinski definition) is 6. The molecule has 0 bridgehead atoms. The number of sulfone groups is 1. The highest BCUT2D eigenvalue weighted by molar-refractivity contribution is 7.90. The van der Waals surface area contributed by atoms with Crippen molar-refractivity contribution in [1.82, 2.24) is 10.1 Å². The minimum absolute atomic E-state index is 0.163. The molecule has 1 heterocycles. The molecule has 0 saturated heterocycles. The zero-order valence-corrected chi connectivity index (χ0v) is 11.4. The zero-order chi connectivity index (χ0) is 14.0. The first kappa shape index (κ1) is 13.5. The van der Waals surface area contributed by atoms with Crippen LogP contribution in [0.1, 0.15) is 29.5 Å². The van der Waals surface area contributed by atoms with E-state index in [1.54, 1.807) is 24.3 Å². The Morgan fingerprint density at radius 2 is 1.95 bits per heavy atom. The van der Waals surface area contributed by atoms with Gasteiger partial charge in [-0.25, -0.2) is 8.42 Å². The highest BCUT2D eigenvalue weighted by atomic mass is 32.2. The molecule has 2 rings (SSSR count). The second kappa shape index (κ2) is 5.00. The van der Waals surface area contributed by atoms with Gasteiger partial charge in [0.05, 0.1) is 6.42 Å². The van der Waals surface area contributed by atoms with Gasteiger partial charge in [0, 0.05) is 6.26 Å². The van der Waals surface area contributed by atoms with Gasteiger partial charge in [-0.15, -0.1) is 0 Å². The Labute approximate surface area is 111 Å². The molecule has 6 nitrogen and oxygen atoms in total. The lowest BCUT2D eigenvalue weighted by Gasteiger charge is -2.01. The Hall–Kier alpha value is -1.89. The number of nitrogens with zero attached hydrogens (tertiary/aromatic N) is 2. The Kier molecular flexibility index (Phi) is 3.57. The van der Waals surface area contributed by atoms with Crippen molar-refractivity contribution in [2.45, 2.75) is 18.6 Å². The Balaban J connectivity index is 2.16. The lowest BCUT2D eigenvalue weighted by molar-refractivity contribution is 0.379. The monoisotopic (exact) mass is 282 g/mol. The summed E-state index contributed by atoms with van der Waals surface area (Å²) >= 11 is 0. The number of aromatic hydroxyl groups is 1. The van der Waals surface area contributed by atoms with E-state index in [9.17, 15) is 13.5 Å². The molecule has 0 radical (unpaired) electrons. The average Bonchev–Trinajstić information content (AvgIpc) is 2.78. The highest BCUT2D eigenvalue weighted by Gasteiger charge is 2.23. The van der Waals surface area contributed by atoms with E-state index >= 15 is 0 Å². The van der Waals surface area contributed by atoms with Gasteiger partial charge in [-0.05, 0) is 24.6 Å². The van der Waals surface area contributed by atoms with Gasteiger partial charge in [0.15, 0.2) is 15.7 Å². The number of hydrogen-bond donors (Lipinski definition) is 1. The molecule has 7 heteroatoms. The summed E-state index contributed by atoms with van der Waals surface area (Å²) in [5, 5.41) is 12.1. The third-order valence-electron chi connectivity index (χ3n) is 2.78. The SMILES string of the molecule is CC(c1noc(Cc2ccc(O)cc2)n1)S(C)(=O)=O. The predicted octanol–water partition coefficient (Wildman–Crippen LogP) is 1.47. The van der Waals surface area contributed by atoms with Crippen LogP contribution in [-0.4, -0.2) is 29.9 Å². The van der Waals surface area contributed by atoms with Crippen molar-refractivity contribution in [3.8, 4) is 5.75 Å². The van der Waals surface area contributed by atoms with E-state index in [1.165, 1.54) is 6.92 Å². The first-order chi connectivity index (χ1) is 8.86. The quantitative estimate of drug-likeness (QED) is 0.912. The largest absolute Gasteiger partial charge is 0.508 e. The van der Waals surface area contributed by atoms with Gasteiger partial charge in [0.25, 0.3) is 0 Å². The molecule has 1 N–H and O–H groups in total. The smallest absolute Gasteiger partial charge is 0.231 e. The van der Waals surface area contributed by atoms with Crippen molar-refractivity contribution >= 4 is 9.84 Å². The maximum atomic E-state index is 11.4. The molecular weight excluding hydrogens is 268 g/mol. The summed E-state index contributed by atoms with van der Waals surface area (Å²) in [4.78, 5) is 4.07. The van der Waals surface area contributed by atoms with Crippen LogP contribution < -0.4 is 0 Å². The third-order valence-corrected chi connectivity index (χ3v) is 4.28. The minimum atomic E-state index is -3.24. The molecule has 0 aliphatic heterocycles. The zero-order valence-electron chi connectivity index (χ0n) is 10.6. The lowest BCUT2D eigenvalue weighted by atomic mass is 10.1. The van der Waals surface area contributed by atoms with Gasteiger partial charge >= 0.3 is 0 Å². The number of benzene rings is 1. The van der Waals surface area contributed by atoms with Crippen LogP contribution >= 0.6 is 0 Å². The van der Waals surface area contributed by atoms with Crippen LogP contribution in [0, 0.1) is 0 Å². The Bertz CT molecular complexity index is 661. The molecular formula is C12H14N2O4S. The van der Waals surface area contributed by atoms with E-state index in [0.717, 1.165) is 11.8 Å². The fourth-order valence-corrected chi connectivity index (χ4v) is 1.96. The molecule has 102 valence electrons. The first-order valence-corrected chi connectivity index (χ1v) is 7.61. The Morgan fingerprint density at radius 3 is 2.53 bits per heavy atom. The number of phenols is 1. The number of phenolic OH excluding ortho intramolecular Hbond substituents is 1. The minimum Gasteiger partial charge on any atom is -0.508 e. The van der Waals surface area contributed by atoms with Crippen molar-refractivity contribution < 1.29 is 18.0 Å². The van der Waals surface area contributed by atoms with E-state index in [1.807, 2.05) is 0 Å².